The van der Waals surface area contributed by atoms with Crippen LogP contribution < -0.4 is 5.32 Å². The summed E-state index contributed by atoms with van der Waals surface area (Å²) in [7, 11) is 2.13. The van der Waals surface area contributed by atoms with Crippen LogP contribution in [0.5, 0.6) is 0 Å². The van der Waals surface area contributed by atoms with E-state index in [1.165, 1.54) is 29.7 Å². The van der Waals surface area contributed by atoms with Crippen LogP contribution in [0.15, 0.2) is 18.2 Å². The molecule has 0 spiro atoms. The lowest BCUT2D eigenvalue weighted by atomic mass is 10.1. The lowest BCUT2D eigenvalue weighted by molar-refractivity contribution is 0.0769. The maximum absolute atomic E-state index is 5.54. The predicted octanol–water partition coefficient (Wildman–Crippen LogP) is 2.11. The standard InChI is InChI=1S/C15H19N3O/c1-18-14-5-4-11(13-9-19-7-6-16-13)8-12(14)17-15(18)10-2-3-10/h4-5,8,10,13,16H,2-3,6-7,9H2,1H3. The zero-order chi connectivity index (χ0) is 12.8. The third-order valence-electron chi connectivity index (χ3n) is 4.21. The zero-order valence-electron chi connectivity index (χ0n) is 11.2. The van der Waals surface area contributed by atoms with Gasteiger partial charge in [0.2, 0.25) is 0 Å². The minimum atomic E-state index is 0.310. The number of morpholine rings is 1. The molecule has 1 saturated heterocycles. The summed E-state index contributed by atoms with van der Waals surface area (Å²) >= 11 is 0. The van der Waals surface area contributed by atoms with Crippen molar-refractivity contribution >= 4 is 11.0 Å². The Balaban J connectivity index is 1.74. The number of imidazole rings is 1. The number of nitrogens with zero attached hydrogens (tertiary/aromatic N) is 2. The summed E-state index contributed by atoms with van der Waals surface area (Å²) in [4.78, 5) is 4.82. The number of ether oxygens (including phenoxy) is 1. The summed E-state index contributed by atoms with van der Waals surface area (Å²) in [5.74, 6) is 1.94. The summed E-state index contributed by atoms with van der Waals surface area (Å²) in [5.41, 5.74) is 3.64. The number of rotatable bonds is 2. The zero-order valence-corrected chi connectivity index (χ0v) is 11.2. The van der Waals surface area contributed by atoms with Gasteiger partial charge in [-0.15, -0.1) is 0 Å². The Labute approximate surface area is 112 Å². The van der Waals surface area contributed by atoms with E-state index in [2.05, 4.69) is 35.1 Å². The molecule has 2 aliphatic rings. The molecule has 1 atom stereocenters. The van der Waals surface area contributed by atoms with Gasteiger partial charge in [-0.05, 0) is 30.5 Å². The average Bonchev–Trinajstić information content (AvgIpc) is 3.25. The summed E-state index contributed by atoms with van der Waals surface area (Å²) in [6.45, 7) is 2.50. The Bertz CT molecular complexity index is 609. The Morgan fingerprint density at radius 2 is 2.26 bits per heavy atom. The number of aryl methyl sites for hydroxylation is 1. The first kappa shape index (κ1) is 11.4. The summed E-state index contributed by atoms with van der Waals surface area (Å²) in [5, 5.41) is 3.50. The molecule has 1 aliphatic heterocycles. The quantitative estimate of drug-likeness (QED) is 0.895. The lowest BCUT2D eigenvalue weighted by Crippen LogP contribution is -2.34. The molecule has 1 aromatic heterocycles. The fourth-order valence-corrected chi connectivity index (χ4v) is 2.94. The van der Waals surface area contributed by atoms with Crippen molar-refractivity contribution in [2.75, 3.05) is 19.8 Å². The number of aromatic nitrogens is 2. The maximum Gasteiger partial charge on any atom is 0.112 e. The first-order valence-electron chi connectivity index (χ1n) is 7.10. The molecular formula is C15H19N3O. The van der Waals surface area contributed by atoms with Crippen molar-refractivity contribution in [2.45, 2.75) is 24.8 Å². The molecule has 0 bridgehead atoms. The molecular weight excluding hydrogens is 238 g/mol. The van der Waals surface area contributed by atoms with Crippen molar-refractivity contribution in [3.8, 4) is 0 Å². The normalized spacial score (nSPS) is 23.9. The molecule has 0 amide bonds. The van der Waals surface area contributed by atoms with Gasteiger partial charge in [-0.25, -0.2) is 4.98 Å². The third kappa shape index (κ3) is 1.95. The molecule has 1 aromatic carbocycles. The molecule has 2 fully saturated rings. The van der Waals surface area contributed by atoms with Crippen LogP contribution in [0.4, 0.5) is 0 Å². The Morgan fingerprint density at radius 3 is 3.00 bits per heavy atom. The first-order chi connectivity index (χ1) is 9.33. The minimum Gasteiger partial charge on any atom is -0.378 e. The molecule has 0 radical (unpaired) electrons. The second-order valence-corrected chi connectivity index (χ2v) is 5.63. The van der Waals surface area contributed by atoms with E-state index in [-0.39, 0.29) is 0 Å². The maximum atomic E-state index is 5.54. The van der Waals surface area contributed by atoms with Gasteiger partial charge in [-0.1, -0.05) is 6.07 Å². The molecule has 4 heteroatoms. The van der Waals surface area contributed by atoms with Crippen molar-refractivity contribution < 1.29 is 4.74 Å². The highest BCUT2D eigenvalue weighted by molar-refractivity contribution is 5.77. The van der Waals surface area contributed by atoms with E-state index in [0.29, 0.717) is 12.0 Å². The van der Waals surface area contributed by atoms with Crippen LogP contribution in [-0.4, -0.2) is 29.3 Å². The Kier molecular flexibility index (Phi) is 2.60. The highest BCUT2D eigenvalue weighted by Crippen LogP contribution is 2.40. The van der Waals surface area contributed by atoms with Crippen molar-refractivity contribution in [1.82, 2.24) is 14.9 Å². The summed E-state index contributed by atoms with van der Waals surface area (Å²) in [6, 6.07) is 6.92. The topological polar surface area (TPSA) is 39.1 Å². The summed E-state index contributed by atoms with van der Waals surface area (Å²) < 4.78 is 7.79. The van der Waals surface area contributed by atoms with E-state index < -0.39 is 0 Å². The van der Waals surface area contributed by atoms with Crippen molar-refractivity contribution in [3.63, 3.8) is 0 Å². The van der Waals surface area contributed by atoms with Gasteiger partial charge in [0.15, 0.2) is 0 Å². The lowest BCUT2D eigenvalue weighted by Gasteiger charge is -2.24. The van der Waals surface area contributed by atoms with Crippen molar-refractivity contribution in [2.24, 2.45) is 7.05 Å². The molecule has 4 rings (SSSR count). The van der Waals surface area contributed by atoms with Gasteiger partial charge in [0.25, 0.3) is 0 Å². The average molecular weight is 257 g/mol. The predicted molar refractivity (Wildman–Crippen MR) is 74.3 cm³/mol. The van der Waals surface area contributed by atoms with Crippen LogP contribution >= 0.6 is 0 Å². The van der Waals surface area contributed by atoms with Gasteiger partial charge in [0.1, 0.15) is 5.82 Å². The van der Waals surface area contributed by atoms with Crippen LogP contribution in [0.3, 0.4) is 0 Å². The fourth-order valence-electron chi connectivity index (χ4n) is 2.94. The highest BCUT2D eigenvalue weighted by atomic mass is 16.5. The Hall–Kier alpha value is -1.39. The first-order valence-corrected chi connectivity index (χ1v) is 7.10. The van der Waals surface area contributed by atoms with E-state index >= 15 is 0 Å². The second-order valence-electron chi connectivity index (χ2n) is 5.63. The van der Waals surface area contributed by atoms with E-state index in [1.54, 1.807) is 0 Å². The van der Waals surface area contributed by atoms with Crippen LogP contribution in [0.2, 0.25) is 0 Å². The van der Waals surface area contributed by atoms with Gasteiger partial charge < -0.3 is 14.6 Å². The highest BCUT2D eigenvalue weighted by Gasteiger charge is 2.28. The van der Waals surface area contributed by atoms with Crippen LogP contribution in [0, 0.1) is 0 Å². The van der Waals surface area contributed by atoms with E-state index in [9.17, 15) is 0 Å². The Morgan fingerprint density at radius 1 is 1.37 bits per heavy atom. The number of nitrogens with one attached hydrogen (secondary N) is 1. The number of hydrogen-bond donors (Lipinski definition) is 1. The van der Waals surface area contributed by atoms with Gasteiger partial charge in [-0.2, -0.15) is 0 Å². The van der Waals surface area contributed by atoms with Gasteiger partial charge in [-0.3, -0.25) is 0 Å². The van der Waals surface area contributed by atoms with Gasteiger partial charge in [0, 0.05) is 19.5 Å². The van der Waals surface area contributed by atoms with Crippen molar-refractivity contribution in [3.05, 3.63) is 29.6 Å². The van der Waals surface area contributed by atoms with Crippen LogP contribution in [0.1, 0.15) is 36.2 Å². The second kappa shape index (κ2) is 4.32. The molecule has 2 aromatic rings. The fraction of sp³-hybridized carbons (Fsp3) is 0.533. The molecule has 1 aliphatic carbocycles. The van der Waals surface area contributed by atoms with E-state index in [4.69, 9.17) is 9.72 Å². The largest absolute Gasteiger partial charge is 0.378 e. The molecule has 100 valence electrons. The monoisotopic (exact) mass is 257 g/mol. The number of benzene rings is 1. The molecule has 1 saturated carbocycles. The van der Waals surface area contributed by atoms with Crippen LogP contribution in [-0.2, 0) is 11.8 Å². The minimum absolute atomic E-state index is 0.310. The molecule has 1 N–H and O–H groups in total. The van der Waals surface area contributed by atoms with Gasteiger partial charge in [0.05, 0.1) is 30.3 Å². The molecule has 1 unspecified atom stereocenters. The molecule has 4 nitrogen and oxygen atoms in total. The SMILES string of the molecule is Cn1c(C2CC2)nc2cc(C3COCCN3)ccc21. The van der Waals surface area contributed by atoms with Gasteiger partial charge >= 0.3 is 0 Å². The van der Waals surface area contributed by atoms with Crippen molar-refractivity contribution in [1.29, 1.82) is 0 Å². The van der Waals surface area contributed by atoms with E-state index in [1.807, 2.05) is 0 Å². The molecule has 19 heavy (non-hydrogen) atoms. The van der Waals surface area contributed by atoms with E-state index in [0.717, 1.165) is 25.3 Å². The smallest absolute Gasteiger partial charge is 0.112 e. The number of fused-ring (bicyclic) bond motifs is 1. The van der Waals surface area contributed by atoms with Crippen LogP contribution in [0.25, 0.3) is 11.0 Å². The molecule has 2 heterocycles. The third-order valence-corrected chi connectivity index (χ3v) is 4.21. The summed E-state index contributed by atoms with van der Waals surface area (Å²) in [6.07, 6.45) is 2.59. The number of hydrogen-bond acceptors (Lipinski definition) is 3.